The van der Waals surface area contributed by atoms with E-state index in [1.54, 1.807) is 12.1 Å². The number of fused-ring (bicyclic) bond motifs is 1. The highest BCUT2D eigenvalue weighted by molar-refractivity contribution is 5.76. The Bertz CT molecular complexity index is 747. The minimum absolute atomic E-state index is 0.0539. The van der Waals surface area contributed by atoms with E-state index < -0.39 is 0 Å². The van der Waals surface area contributed by atoms with E-state index in [1.165, 1.54) is 5.56 Å². The van der Waals surface area contributed by atoms with Crippen LogP contribution in [0.4, 0.5) is 0 Å². The molecule has 0 fully saturated rings. The van der Waals surface area contributed by atoms with Gasteiger partial charge in [0.1, 0.15) is 5.75 Å². The standard InChI is InChI=1S/C20H20N2O2/c21-12-16-7-5-15(6-8-16)9-10-20(23)22-13-17-11-18-3-1-2-4-19(18)24-14-17/h1-8,17H,9-11,13-14H2,(H,22,23). The lowest BCUT2D eigenvalue weighted by atomic mass is 9.96. The van der Waals surface area contributed by atoms with Crippen LogP contribution in [0.5, 0.6) is 5.75 Å². The molecule has 0 aromatic heterocycles. The van der Waals surface area contributed by atoms with Gasteiger partial charge in [0.2, 0.25) is 5.91 Å². The normalized spacial score (nSPS) is 15.7. The zero-order valence-electron chi connectivity index (χ0n) is 13.5. The molecule has 0 aliphatic carbocycles. The van der Waals surface area contributed by atoms with Gasteiger partial charge in [-0.05, 0) is 42.2 Å². The molecule has 1 atom stereocenters. The van der Waals surface area contributed by atoms with Gasteiger partial charge in [0, 0.05) is 18.9 Å². The average Bonchev–Trinajstić information content (AvgIpc) is 2.65. The molecule has 1 heterocycles. The van der Waals surface area contributed by atoms with Crippen LogP contribution in [-0.2, 0) is 17.6 Å². The number of carbonyl (C=O) groups excluding carboxylic acids is 1. The molecule has 1 unspecified atom stereocenters. The quantitative estimate of drug-likeness (QED) is 0.921. The summed E-state index contributed by atoms with van der Waals surface area (Å²) in [4.78, 5) is 12.0. The number of hydrogen-bond donors (Lipinski definition) is 1. The number of benzene rings is 2. The maximum atomic E-state index is 12.0. The summed E-state index contributed by atoms with van der Waals surface area (Å²) in [6, 6.07) is 17.5. The fraction of sp³-hybridized carbons (Fsp3) is 0.300. The molecule has 3 rings (SSSR count). The van der Waals surface area contributed by atoms with E-state index in [0.717, 1.165) is 17.7 Å². The van der Waals surface area contributed by atoms with E-state index in [1.807, 2.05) is 30.3 Å². The van der Waals surface area contributed by atoms with Crippen molar-refractivity contribution in [1.82, 2.24) is 5.32 Å². The third-order valence-electron chi connectivity index (χ3n) is 4.27. The summed E-state index contributed by atoms with van der Waals surface area (Å²) in [5.74, 6) is 1.33. The van der Waals surface area contributed by atoms with E-state index in [-0.39, 0.29) is 5.91 Å². The maximum absolute atomic E-state index is 12.0. The number of ether oxygens (including phenoxy) is 1. The fourth-order valence-electron chi connectivity index (χ4n) is 2.87. The van der Waals surface area contributed by atoms with Crippen LogP contribution in [0.3, 0.4) is 0 Å². The topological polar surface area (TPSA) is 62.1 Å². The molecule has 2 aromatic rings. The van der Waals surface area contributed by atoms with Crippen molar-refractivity contribution in [3.05, 3.63) is 65.2 Å². The first-order valence-electron chi connectivity index (χ1n) is 8.21. The highest BCUT2D eigenvalue weighted by Crippen LogP contribution is 2.26. The Morgan fingerprint density at radius 3 is 2.79 bits per heavy atom. The zero-order valence-corrected chi connectivity index (χ0v) is 13.5. The van der Waals surface area contributed by atoms with E-state index in [4.69, 9.17) is 10.00 Å². The molecule has 0 radical (unpaired) electrons. The Hall–Kier alpha value is -2.80. The summed E-state index contributed by atoms with van der Waals surface area (Å²) in [7, 11) is 0. The largest absolute Gasteiger partial charge is 0.493 e. The molecule has 122 valence electrons. The van der Waals surface area contributed by atoms with Gasteiger partial charge in [0.25, 0.3) is 0 Å². The van der Waals surface area contributed by atoms with Crippen molar-refractivity contribution in [2.45, 2.75) is 19.3 Å². The first-order valence-corrected chi connectivity index (χ1v) is 8.21. The third kappa shape index (κ3) is 4.14. The number of para-hydroxylation sites is 1. The van der Waals surface area contributed by atoms with Gasteiger partial charge in [-0.2, -0.15) is 5.26 Å². The van der Waals surface area contributed by atoms with Gasteiger partial charge in [0.05, 0.1) is 18.2 Å². The number of nitrogens with one attached hydrogen (secondary N) is 1. The lowest BCUT2D eigenvalue weighted by Gasteiger charge is -2.25. The van der Waals surface area contributed by atoms with Gasteiger partial charge in [-0.1, -0.05) is 30.3 Å². The van der Waals surface area contributed by atoms with Crippen LogP contribution in [0.1, 0.15) is 23.1 Å². The molecule has 24 heavy (non-hydrogen) atoms. The number of nitrogens with zero attached hydrogens (tertiary/aromatic N) is 1. The van der Waals surface area contributed by atoms with Gasteiger partial charge in [-0.3, -0.25) is 4.79 Å². The molecule has 1 aliphatic heterocycles. The third-order valence-corrected chi connectivity index (χ3v) is 4.27. The Morgan fingerprint density at radius 2 is 2.00 bits per heavy atom. The number of carbonyl (C=O) groups is 1. The van der Waals surface area contributed by atoms with Crippen LogP contribution in [0.2, 0.25) is 0 Å². The molecule has 0 bridgehead atoms. The Kier molecular flexibility index (Phi) is 5.12. The second-order valence-electron chi connectivity index (χ2n) is 6.10. The maximum Gasteiger partial charge on any atom is 0.220 e. The molecule has 2 aromatic carbocycles. The predicted octanol–water partition coefficient (Wildman–Crippen LogP) is 2.86. The van der Waals surface area contributed by atoms with Crippen molar-refractivity contribution < 1.29 is 9.53 Å². The van der Waals surface area contributed by atoms with Crippen molar-refractivity contribution >= 4 is 5.91 Å². The molecule has 1 aliphatic rings. The smallest absolute Gasteiger partial charge is 0.220 e. The molecule has 4 nitrogen and oxygen atoms in total. The SMILES string of the molecule is N#Cc1ccc(CCC(=O)NCC2COc3ccccc3C2)cc1. The number of amides is 1. The minimum atomic E-state index is 0.0539. The molecular weight excluding hydrogens is 300 g/mol. The Balaban J connectivity index is 1.42. The second-order valence-corrected chi connectivity index (χ2v) is 6.10. The lowest BCUT2D eigenvalue weighted by molar-refractivity contribution is -0.121. The average molecular weight is 320 g/mol. The summed E-state index contributed by atoms with van der Waals surface area (Å²) < 4.78 is 5.74. The molecule has 0 saturated heterocycles. The number of hydrogen-bond acceptors (Lipinski definition) is 3. The van der Waals surface area contributed by atoms with Crippen LogP contribution in [0.25, 0.3) is 0 Å². The lowest BCUT2D eigenvalue weighted by Crippen LogP contribution is -2.34. The molecule has 1 N–H and O–H groups in total. The van der Waals surface area contributed by atoms with E-state index in [2.05, 4.69) is 17.5 Å². The van der Waals surface area contributed by atoms with Gasteiger partial charge in [-0.15, -0.1) is 0 Å². The first kappa shape index (κ1) is 16.1. The molecule has 0 saturated carbocycles. The highest BCUT2D eigenvalue weighted by atomic mass is 16.5. The van der Waals surface area contributed by atoms with Gasteiger partial charge in [0.15, 0.2) is 0 Å². The first-order chi connectivity index (χ1) is 11.7. The molecule has 0 spiro atoms. The Morgan fingerprint density at radius 1 is 1.21 bits per heavy atom. The van der Waals surface area contributed by atoms with Crippen LogP contribution in [0, 0.1) is 17.2 Å². The summed E-state index contributed by atoms with van der Waals surface area (Å²) in [5, 5.41) is 11.8. The summed E-state index contributed by atoms with van der Waals surface area (Å²) in [5.41, 5.74) is 2.92. The van der Waals surface area contributed by atoms with Crippen molar-refractivity contribution in [1.29, 1.82) is 5.26 Å². The van der Waals surface area contributed by atoms with Crippen molar-refractivity contribution in [2.75, 3.05) is 13.2 Å². The minimum Gasteiger partial charge on any atom is -0.493 e. The van der Waals surface area contributed by atoms with Gasteiger partial charge >= 0.3 is 0 Å². The number of nitriles is 1. The van der Waals surface area contributed by atoms with E-state index >= 15 is 0 Å². The molecule has 1 amide bonds. The number of aryl methyl sites for hydroxylation is 1. The summed E-state index contributed by atoms with van der Waals surface area (Å²) in [6.07, 6.45) is 2.07. The van der Waals surface area contributed by atoms with Gasteiger partial charge in [-0.25, -0.2) is 0 Å². The fourth-order valence-corrected chi connectivity index (χ4v) is 2.87. The second kappa shape index (κ2) is 7.65. The highest BCUT2D eigenvalue weighted by Gasteiger charge is 2.19. The summed E-state index contributed by atoms with van der Waals surface area (Å²) in [6.45, 7) is 1.29. The van der Waals surface area contributed by atoms with Crippen LogP contribution in [-0.4, -0.2) is 19.1 Å². The van der Waals surface area contributed by atoms with Gasteiger partial charge < -0.3 is 10.1 Å². The molecule has 4 heteroatoms. The van der Waals surface area contributed by atoms with Crippen molar-refractivity contribution in [3.8, 4) is 11.8 Å². The van der Waals surface area contributed by atoms with Crippen LogP contribution >= 0.6 is 0 Å². The van der Waals surface area contributed by atoms with Crippen LogP contribution in [0.15, 0.2) is 48.5 Å². The van der Waals surface area contributed by atoms with Crippen molar-refractivity contribution in [3.63, 3.8) is 0 Å². The number of rotatable bonds is 5. The van der Waals surface area contributed by atoms with E-state index in [9.17, 15) is 4.79 Å². The predicted molar refractivity (Wildman–Crippen MR) is 91.6 cm³/mol. The van der Waals surface area contributed by atoms with E-state index in [0.29, 0.717) is 37.5 Å². The summed E-state index contributed by atoms with van der Waals surface area (Å²) >= 11 is 0. The zero-order chi connectivity index (χ0) is 16.8. The van der Waals surface area contributed by atoms with Crippen molar-refractivity contribution in [2.24, 2.45) is 5.92 Å². The monoisotopic (exact) mass is 320 g/mol. The molecular formula is C20H20N2O2. The Labute approximate surface area is 142 Å². The van der Waals surface area contributed by atoms with Crippen LogP contribution < -0.4 is 10.1 Å².